The van der Waals surface area contributed by atoms with E-state index in [-0.39, 0.29) is 12.2 Å². The normalized spacial score (nSPS) is 20.8. The number of likely N-dealkylation sites (tertiary alicyclic amines) is 1. The molecule has 2 aliphatic heterocycles. The summed E-state index contributed by atoms with van der Waals surface area (Å²) < 4.78 is 8.94. The van der Waals surface area contributed by atoms with E-state index in [1.807, 2.05) is 34.9 Å². The largest absolute Gasteiger partial charge is 0.462 e. The van der Waals surface area contributed by atoms with Crippen LogP contribution in [0.1, 0.15) is 29.6 Å². The highest BCUT2D eigenvalue weighted by molar-refractivity contribution is 7.22. The number of aromatic nitrogens is 1. The summed E-state index contributed by atoms with van der Waals surface area (Å²) in [6.45, 7) is 3.35. The quantitative estimate of drug-likeness (QED) is 0.518. The van der Waals surface area contributed by atoms with Gasteiger partial charge in [-0.25, -0.2) is 0 Å². The number of hydrogen-bond donors (Lipinski definition) is 1. The monoisotopic (exact) mass is 432 g/mol. The maximum absolute atomic E-state index is 13.4. The lowest BCUT2D eigenvalue weighted by molar-refractivity contribution is 0.106. The molecular weight excluding hydrogens is 408 g/mol. The van der Waals surface area contributed by atoms with E-state index in [1.54, 1.807) is 11.3 Å². The first-order valence-corrected chi connectivity index (χ1v) is 11.6. The SMILES string of the molecule is O=c1c(-c2cc3ccccc3s2)ccc2n1C[C@H]1C[C@@H]2CN(Cc2ccc(CO)o2)C1. The van der Waals surface area contributed by atoms with Crippen molar-refractivity contribution >= 4 is 21.4 Å². The summed E-state index contributed by atoms with van der Waals surface area (Å²) in [5, 5.41) is 10.4. The van der Waals surface area contributed by atoms with Gasteiger partial charge in [-0.3, -0.25) is 9.69 Å². The van der Waals surface area contributed by atoms with Crippen molar-refractivity contribution in [1.82, 2.24) is 9.47 Å². The summed E-state index contributed by atoms with van der Waals surface area (Å²) in [7, 11) is 0. The number of rotatable bonds is 4. The second kappa shape index (κ2) is 7.48. The van der Waals surface area contributed by atoms with Crippen molar-refractivity contribution in [3.05, 3.63) is 82.2 Å². The molecule has 0 radical (unpaired) electrons. The molecule has 4 aromatic rings. The van der Waals surface area contributed by atoms with Crippen molar-refractivity contribution < 1.29 is 9.52 Å². The molecule has 1 N–H and O–H groups in total. The van der Waals surface area contributed by atoms with E-state index in [1.165, 1.54) is 10.1 Å². The number of pyridine rings is 1. The lowest BCUT2D eigenvalue weighted by Gasteiger charge is -2.42. The number of aliphatic hydroxyl groups is 1. The molecular formula is C25H24N2O3S. The van der Waals surface area contributed by atoms with Gasteiger partial charge in [-0.15, -0.1) is 11.3 Å². The van der Waals surface area contributed by atoms with E-state index in [4.69, 9.17) is 4.42 Å². The van der Waals surface area contributed by atoms with Gasteiger partial charge in [0.1, 0.15) is 18.1 Å². The van der Waals surface area contributed by atoms with Crippen molar-refractivity contribution in [1.29, 1.82) is 0 Å². The highest BCUT2D eigenvalue weighted by Crippen LogP contribution is 2.37. The predicted molar refractivity (Wildman–Crippen MR) is 122 cm³/mol. The zero-order valence-corrected chi connectivity index (χ0v) is 18.0. The standard InChI is InChI=1S/C25H24N2O3S/c28-15-20-6-5-19(30-20)14-26-11-16-9-18(13-26)22-8-7-21(25(29)27(22)12-16)24-10-17-3-1-2-4-23(17)31-24/h1-8,10,16,18,28H,9,11-15H2/t16-,18+/m0/s1. The first-order valence-electron chi connectivity index (χ1n) is 10.8. The molecule has 6 heteroatoms. The maximum atomic E-state index is 13.4. The zero-order chi connectivity index (χ0) is 20.9. The highest BCUT2D eigenvalue weighted by Gasteiger charge is 2.35. The van der Waals surface area contributed by atoms with Crippen LogP contribution < -0.4 is 5.56 Å². The van der Waals surface area contributed by atoms with Crippen LogP contribution in [0.4, 0.5) is 0 Å². The number of piperidine rings is 1. The van der Waals surface area contributed by atoms with Gasteiger partial charge in [0.05, 0.1) is 12.1 Å². The number of nitrogens with zero attached hydrogens (tertiary/aromatic N) is 2. The van der Waals surface area contributed by atoms with Crippen molar-refractivity contribution in [3.63, 3.8) is 0 Å². The fourth-order valence-corrected chi connectivity index (χ4v) is 6.37. The Balaban J connectivity index is 1.29. The summed E-state index contributed by atoms with van der Waals surface area (Å²) in [6.07, 6.45) is 1.14. The Kier molecular flexibility index (Phi) is 4.60. The average molecular weight is 433 g/mol. The molecule has 31 heavy (non-hydrogen) atoms. The number of furan rings is 1. The van der Waals surface area contributed by atoms with Crippen LogP contribution in [0.15, 0.2) is 63.8 Å². The van der Waals surface area contributed by atoms with Crippen molar-refractivity contribution in [2.75, 3.05) is 13.1 Å². The molecule has 1 saturated heterocycles. The summed E-state index contributed by atoms with van der Waals surface area (Å²) in [5.41, 5.74) is 2.12. The smallest absolute Gasteiger partial charge is 0.259 e. The number of thiophene rings is 1. The van der Waals surface area contributed by atoms with Gasteiger partial charge in [0.2, 0.25) is 0 Å². The van der Waals surface area contributed by atoms with Crippen LogP contribution in [0, 0.1) is 5.92 Å². The van der Waals surface area contributed by atoms with Crippen molar-refractivity contribution in [2.45, 2.75) is 32.0 Å². The molecule has 0 saturated carbocycles. The zero-order valence-electron chi connectivity index (χ0n) is 17.2. The van der Waals surface area contributed by atoms with Crippen LogP contribution in [0.25, 0.3) is 20.5 Å². The van der Waals surface area contributed by atoms with Crippen LogP contribution in [-0.2, 0) is 19.7 Å². The van der Waals surface area contributed by atoms with Gasteiger partial charge in [-0.1, -0.05) is 18.2 Å². The molecule has 5 heterocycles. The molecule has 2 aliphatic rings. The van der Waals surface area contributed by atoms with Crippen LogP contribution in [0.5, 0.6) is 0 Å². The Hall–Kier alpha value is -2.67. The fourth-order valence-electron chi connectivity index (χ4n) is 5.29. The molecule has 5 nitrogen and oxygen atoms in total. The molecule has 3 aromatic heterocycles. The molecule has 2 bridgehead atoms. The van der Waals surface area contributed by atoms with Crippen LogP contribution in [-0.4, -0.2) is 27.7 Å². The van der Waals surface area contributed by atoms with E-state index in [2.05, 4.69) is 29.2 Å². The highest BCUT2D eigenvalue weighted by atomic mass is 32.1. The average Bonchev–Trinajstić information content (AvgIpc) is 3.41. The minimum Gasteiger partial charge on any atom is -0.462 e. The maximum Gasteiger partial charge on any atom is 0.259 e. The van der Waals surface area contributed by atoms with Crippen LogP contribution >= 0.6 is 11.3 Å². The Morgan fingerprint density at radius 3 is 2.74 bits per heavy atom. The third-order valence-electron chi connectivity index (χ3n) is 6.62. The van der Waals surface area contributed by atoms with E-state index in [0.717, 1.165) is 54.5 Å². The topological polar surface area (TPSA) is 58.6 Å². The Morgan fingerprint density at radius 1 is 1.03 bits per heavy atom. The number of hydrogen-bond acceptors (Lipinski definition) is 5. The lowest BCUT2D eigenvalue weighted by atomic mass is 9.83. The van der Waals surface area contributed by atoms with Gasteiger partial charge in [0.15, 0.2) is 0 Å². The van der Waals surface area contributed by atoms with Crippen LogP contribution in [0.3, 0.4) is 0 Å². The number of aliphatic hydroxyl groups excluding tert-OH is 1. The van der Waals surface area contributed by atoms with E-state index in [9.17, 15) is 9.90 Å². The number of benzene rings is 1. The first-order chi connectivity index (χ1) is 15.2. The van der Waals surface area contributed by atoms with Gasteiger partial charge in [-0.05, 0) is 54.1 Å². The first kappa shape index (κ1) is 19.0. The molecule has 0 aliphatic carbocycles. The van der Waals surface area contributed by atoms with Gasteiger partial charge in [0.25, 0.3) is 5.56 Å². The molecule has 1 aromatic carbocycles. The second-order valence-corrected chi connectivity index (χ2v) is 9.84. The molecule has 0 amide bonds. The molecule has 6 rings (SSSR count). The predicted octanol–water partition coefficient (Wildman–Crippen LogP) is 4.43. The summed E-state index contributed by atoms with van der Waals surface area (Å²) in [6, 6.07) is 18.4. The van der Waals surface area contributed by atoms with E-state index in [0.29, 0.717) is 17.6 Å². The molecule has 158 valence electrons. The fraction of sp³-hybridized carbons (Fsp3) is 0.320. The van der Waals surface area contributed by atoms with Gasteiger partial charge >= 0.3 is 0 Å². The second-order valence-electron chi connectivity index (χ2n) is 8.75. The molecule has 0 spiro atoms. The minimum absolute atomic E-state index is 0.0658. The van der Waals surface area contributed by atoms with E-state index < -0.39 is 0 Å². The summed E-state index contributed by atoms with van der Waals surface area (Å²) >= 11 is 1.69. The molecule has 1 fully saturated rings. The van der Waals surface area contributed by atoms with Crippen molar-refractivity contribution in [3.8, 4) is 10.4 Å². The van der Waals surface area contributed by atoms with Gasteiger partial charge in [-0.2, -0.15) is 0 Å². The Labute approximate surface area is 184 Å². The third kappa shape index (κ3) is 3.35. The van der Waals surface area contributed by atoms with Gasteiger partial charge in [0, 0.05) is 40.8 Å². The van der Waals surface area contributed by atoms with Crippen LogP contribution in [0.2, 0.25) is 0 Å². The minimum atomic E-state index is -0.0658. The summed E-state index contributed by atoms with van der Waals surface area (Å²) in [5.74, 6) is 2.33. The van der Waals surface area contributed by atoms with Gasteiger partial charge < -0.3 is 14.1 Å². The Morgan fingerprint density at radius 2 is 1.90 bits per heavy atom. The number of fused-ring (bicyclic) bond motifs is 5. The van der Waals surface area contributed by atoms with E-state index >= 15 is 0 Å². The molecule has 2 atom stereocenters. The third-order valence-corrected chi connectivity index (χ3v) is 7.77. The van der Waals surface area contributed by atoms with Crippen molar-refractivity contribution in [2.24, 2.45) is 5.92 Å². The summed E-state index contributed by atoms with van der Waals surface area (Å²) in [4.78, 5) is 16.9. The Bertz CT molecular complexity index is 1280. The molecule has 0 unspecified atom stereocenters. The lowest BCUT2D eigenvalue weighted by Crippen LogP contribution is -2.46.